The molecule has 1 aromatic heterocycles. The zero-order chi connectivity index (χ0) is 21.9. The Kier molecular flexibility index (Phi) is 4.32. The molecule has 1 saturated heterocycles. The molecule has 31 heavy (non-hydrogen) atoms. The Hall–Kier alpha value is -3.68. The van der Waals surface area contributed by atoms with Crippen LogP contribution in [-0.2, 0) is 11.3 Å². The van der Waals surface area contributed by atoms with Gasteiger partial charge in [0.2, 0.25) is 5.95 Å². The van der Waals surface area contributed by atoms with Crippen LogP contribution in [0.5, 0.6) is 0 Å². The number of nitrogens with zero attached hydrogens (tertiary/aromatic N) is 5. The minimum absolute atomic E-state index is 0.321. The third-order valence-corrected chi connectivity index (χ3v) is 6.19. The Balaban J connectivity index is 1.65. The average Bonchev–Trinajstić information content (AvgIpc) is 3.29. The number of fused-ring (bicyclic) bond motifs is 3. The number of amides is 3. The number of aryl methyl sites for hydroxylation is 3. The van der Waals surface area contributed by atoms with Gasteiger partial charge in [0.25, 0.3) is 5.91 Å². The number of carbonyl (C=O) groups excluding carboxylic acids is 2. The van der Waals surface area contributed by atoms with Crippen LogP contribution in [0, 0.1) is 20.8 Å². The lowest BCUT2D eigenvalue weighted by Gasteiger charge is -2.37. The number of hydrogen-bond donors (Lipinski definition) is 1. The van der Waals surface area contributed by atoms with Crippen molar-refractivity contribution in [1.29, 1.82) is 0 Å². The van der Waals surface area contributed by atoms with Gasteiger partial charge in [-0.15, -0.1) is 10.2 Å². The second kappa shape index (κ2) is 6.94. The van der Waals surface area contributed by atoms with Gasteiger partial charge in [0.05, 0.1) is 0 Å². The van der Waals surface area contributed by atoms with Crippen molar-refractivity contribution in [3.05, 3.63) is 64.7 Å². The molecule has 2 unspecified atom stereocenters. The minimum atomic E-state index is -0.586. The van der Waals surface area contributed by atoms with Gasteiger partial charge in [-0.25, -0.2) is 4.79 Å². The van der Waals surface area contributed by atoms with Crippen LogP contribution in [0.4, 0.5) is 10.7 Å². The SMILES string of the molecule is Cc1ccc(-c2nnc3n2C2C(C(=O)NC(=O)N2C)N3Cc2cc(C)ccc2C)cc1. The van der Waals surface area contributed by atoms with Gasteiger partial charge >= 0.3 is 6.03 Å². The van der Waals surface area contributed by atoms with E-state index in [1.807, 2.05) is 47.6 Å². The minimum Gasteiger partial charge on any atom is -0.321 e. The lowest BCUT2D eigenvalue weighted by atomic mass is 10.0. The van der Waals surface area contributed by atoms with Crippen LogP contribution in [0.2, 0.25) is 0 Å². The molecule has 0 bridgehead atoms. The van der Waals surface area contributed by atoms with Gasteiger partial charge in [-0.1, -0.05) is 53.6 Å². The molecule has 0 saturated carbocycles. The molecule has 0 radical (unpaired) electrons. The molecule has 0 spiro atoms. The number of aromatic nitrogens is 3. The Morgan fingerprint density at radius 2 is 1.68 bits per heavy atom. The maximum absolute atomic E-state index is 13.0. The lowest BCUT2D eigenvalue weighted by Crippen LogP contribution is -2.61. The van der Waals surface area contributed by atoms with Crippen molar-refractivity contribution in [3.8, 4) is 11.4 Å². The molecule has 2 aliphatic heterocycles. The molecular formula is C23H24N6O2. The fourth-order valence-corrected chi connectivity index (χ4v) is 4.42. The number of carbonyl (C=O) groups is 2. The molecular weight excluding hydrogens is 392 g/mol. The van der Waals surface area contributed by atoms with Gasteiger partial charge < -0.3 is 9.80 Å². The Bertz CT molecular complexity index is 1200. The number of likely N-dealkylation sites (N-methyl/N-ethyl adjacent to an activating group) is 1. The van der Waals surface area contributed by atoms with Gasteiger partial charge in [0.1, 0.15) is 6.17 Å². The Morgan fingerprint density at radius 1 is 0.968 bits per heavy atom. The summed E-state index contributed by atoms with van der Waals surface area (Å²) in [7, 11) is 1.70. The van der Waals surface area contributed by atoms with E-state index in [0.29, 0.717) is 18.3 Å². The highest BCUT2D eigenvalue weighted by molar-refractivity contribution is 6.02. The lowest BCUT2D eigenvalue weighted by molar-refractivity contribution is -0.124. The van der Waals surface area contributed by atoms with E-state index in [-0.39, 0.29) is 5.91 Å². The van der Waals surface area contributed by atoms with Crippen LogP contribution >= 0.6 is 0 Å². The number of nitrogens with one attached hydrogen (secondary N) is 1. The number of benzene rings is 2. The third-order valence-electron chi connectivity index (χ3n) is 6.19. The monoisotopic (exact) mass is 416 g/mol. The van der Waals surface area contributed by atoms with Crippen molar-refractivity contribution in [1.82, 2.24) is 25.0 Å². The maximum Gasteiger partial charge on any atom is 0.325 e. The molecule has 0 aliphatic carbocycles. The summed E-state index contributed by atoms with van der Waals surface area (Å²) >= 11 is 0. The average molecular weight is 416 g/mol. The number of imide groups is 1. The van der Waals surface area contributed by atoms with E-state index in [9.17, 15) is 9.59 Å². The Labute approximate surface area is 180 Å². The maximum atomic E-state index is 13.0. The van der Waals surface area contributed by atoms with E-state index in [4.69, 9.17) is 0 Å². The van der Waals surface area contributed by atoms with Crippen molar-refractivity contribution < 1.29 is 9.59 Å². The predicted octanol–water partition coefficient (Wildman–Crippen LogP) is 2.94. The summed E-state index contributed by atoms with van der Waals surface area (Å²) in [6.45, 7) is 6.63. The molecule has 2 aliphatic rings. The molecule has 2 atom stereocenters. The molecule has 3 amide bonds. The summed E-state index contributed by atoms with van der Waals surface area (Å²) in [6, 6.07) is 13.3. The van der Waals surface area contributed by atoms with Crippen LogP contribution in [0.1, 0.15) is 28.4 Å². The summed E-state index contributed by atoms with van der Waals surface area (Å²) in [5, 5.41) is 11.4. The van der Waals surface area contributed by atoms with Gasteiger partial charge in [-0.3, -0.25) is 14.7 Å². The van der Waals surface area contributed by atoms with Crippen molar-refractivity contribution >= 4 is 17.9 Å². The zero-order valence-electron chi connectivity index (χ0n) is 18.0. The number of hydrogen-bond acceptors (Lipinski definition) is 5. The van der Waals surface area contributed by atoms with E-state index in [0.717, 1.165) is 27.8 Å². The van der Waals surface area contributed by atoms with Gasteiger partial charge in [0.15, 0.2) is 11.9 Å². The first kappa shape index (κ1) is 19.3. The summed E-state index contributed by atoms with van der Waals surface area (Å²) in [5.41, 5.74) is 5.43. The number of rotatable bonds is 3. The van der Waals surface area contributed by atoms with Crippen molar-refractivity contribution in [3.63, 3.8) is 0 Å². The standard InChI is InChI=1S/C23H24N6O2/c1-13-6-9-16(10-7-13)19-25-26-22-28(12-17-11-14(2)5-8-15(17)3)18-20(30)24-23(31)27(4)21(18)29(19)22/h5-11,18,21H,12H2,1-4H3,(H,24,30,31). The molecule has 1 N–H and O–H groups in total. The van der Waals surface area contributed by atoms with Crippen LogP contribution in [-0.4, -0.2) is 44.7 Å². The quantitative estimate of drug-likeness (QED) is 0.710. The van der Waals surface area contributed by atoms with Crippen LogP contribution < -0.4 is 10.2 Å². The van der Waals surface area contributed by atoms with E-state index in [1.165, 1.54) is 0 Å². The summed E-state index contributed by atoms with van der Waals surface area (Å²) in [6.07, 6.45) is -0.521. The second-order valence-corrected chi connectivity index (χ2v) is 8.38. The second-order valence-electron chi connectivity index (χ2n) is 8.38. The third kappa shape index (κ3) is 2.98. The fourth-order valence-electron chi connectivity index (χ4n) is 4.42. The summed E-state index contributed by atoms with van der Waals surface area (Å²) in [4.78, 5) is 28.9. The normalized spacial score (nSPS) is 20.0. The smallest absolute Gasteiger partial charge is 0.321 e. The highest BCUT2D eigenvalue weighted by Gasteiger charge is 2.52. The molecule has 1 fully saturated rings. The molecule has 158 valence electrons. The van der Waals surface area contributed by atoms with Gasteiger partial charge in [-0.05, 0) is 31.9 Å². The first-order chi connectivity index (χ1) is 14.8. The first-order valence-corrected chi connectivity index (χ1v) is 10.3. The van der Waals surface area contributed by atoms with Crippen LogP contribution in [0.3, 0.4) is 0 Å². The van der Waals surface area contributed by atoms with Crippen LogP contribution in [0.25, 0.3) is 11.4 Å². The van der Waals surface area contributed by atoms with Crippen LogP contribution in [0.15, 0.2) is 42.5 Å². The Morgan fingerprint density at radius 3 is 2.42 bits per heavy atom. The van der Waals surface area contributed by atoms with Crippen molar-refractivity contribution in [2.75, 3.05) is 11.9 Å². The highest BCUT2D eigenvalue weighted by Crippen LogP contribution is 2.41. The topological polar surface area (TPSA) is 83.4 Å². The van der Waals surface area contributed by atoms with Crippen molar-refractivity contribution in [2.24, 2.45) is 0 Å². The largest absolute Gasteiger partial charge is 0.325 e. The first-order valence-electron chi connectivity index (χ1n) is 10.3. The van der Waals surface area contributed by atoms with E-state index >= 15 is 0 Å². The molecule has 5 rings (SSSR count). The van der Waals surface area contributed by atoms with E-state index in [1.54, 1.807) is 11.9 Å². The predicted molar refractivity (Wildman–Crippen MR) is 116 cm³/mol. The number of urea groups is 1. The van der Waals surface area contributed by atoms with E-state index < -0.39 is 18.2 Å². The van der Waals surface area contributed by atoms with Gasteiger partial charge in [0, 0.05) is 19.2 Å². The molecule has 3 heterocycles. The molecule has 2 aromatic carbocycles. The number of anilines is 1. The fraction of sp³-hybridized carbons (Fsp3) is 0.304. The summed E-state index contributed by atoms with van der Waals surface area (Å²) < 4.78 is 1.91. The van der Waals surface area contributed by atoms with Crippen molar-refractivity contribution in [2.45, 2.75) is 39.5 Å². The zero-order valence-corrected chi connectivity index (χ0v) is 18.0. The molecule has 8 nitrogen and oxygen atoms in total. The highest BCUT2D eigenvalue weighted by atomic mass is 16.2. The molecule has 8 heteroatoms. The summed E-state index contributed by atoms with van der Waals surface area (Å²) in [5.74, 6) is 0.907. The van der Waals surface area contributed by atoms with E-state index in [2.05, 4.69) is 40.6 Å². The molecule has 3 aromatic rings. The van der Waals surface area contributed by atoms with Gasteiger partial charge in [-0.2, -0.15) is 0 Å².